The summed E-state index contributed by atoms with van der Waals surface area (Å²) in [6, 6.07) is 16.0. The largest absolute Gasteiger partial charge is 0.497 e. The van der Waals surface area contributed by atoms with E-state index >= 15 is 0 Å². The second kappa shape index (κ2) is 7.14. The zero-order valence-corrected chi connectivity index (χ0v) is 12.9. The second-order valence-electron chi connectivity index (χ2n) is 5.34. The standard InChI is InChI=1S/C18H23NO2/c1-13(2)14-7-9-16(10-8-14)21-18(12-19)15-5-4-6-17(11-15)20-3/h4-11,13,18H,12,19H2,1-3H3. The first kappa shape index (κ1) is 15.4. The Morgan fingerprint density at radius 2 is 1.67 bits per heavy atom. The van der Waals surface area contributed by atoms with Crippen LogP contribution in [0, 0.1) is 0 Å². The minimum atomic E-state index is -0.176. The summed E-state index contributed by atoms with van der Waals surface area (Å²) >= 11 is 0. The van der Waals surface area contributed by atoms with Gasteiger partial charge in [0.15, 0.2) is 0 Å². The maximum Gasteiger partial charge on any atom is 0.136 e. The molecule has 3 nitrogen and oxygen atoms in total. The van der Waals surface area contributed by atoms with Crippen molar-refractivity contribution in [2.75, 3.05) is 13.7 Å². The third-order valence-corrected chi connectivity index (χ3v) is 3.50. The topological polar surface area (TPSA) is 44.5 Å². The highest BCUT2D eigenvalue weighted by atomic mass is 16.5. The molecule has 0 aliphatic carbocycles. The van der Waals surface area contributed by atoms with Crippen molar-refractivity contribution in [2.24, 2.45) is 5.73 Å². The van der Waals surface area contributed by atoms with Gasteiger partial charge in [0.05, 0.1) is 7.11 Å². The van der Waals surface area contributed by atoms with Gasteiger partial charge < -0.3 is 15.2 Å². The van der Waals surface area contributed by atoms with Crippen molar-refractivity contribution in [3.63, 3.8) is 0 Å². The molecule has 1 unspecified atom stereocenters. The summed E-state index contributed by atoms with van der Waals surface area (Å²) < 4.78 is 11.2. The van der Waals surface area contributed by atoms with E-state index in [1.165, 1.54) is 5.56 Å². The molecule has 0 amide bonds. The first-order chi connectivity index (χ1) is 10.1. The molecule has 21 heavy (non-hydrogen) atoms. The maximum absolute atomic E-state index is 6.00. The van der Waals surface area contributed by atoms with E-state index in [1.807, 2.05) is 36.4 Å². The van der Waals surface area contributed by atoms with Crippen LogP contribution in [0.15, 0.2) is 48.5 Å². The molecule has 0 bridgehead atoms. The summed E-state index contributed by atoms with van der Waals surface area (Å²) in [5.74, 6) is 2.16. The fraction of sp³-hybridized carbons (Fsp3) is 0.333. The molecule has 0 aromatic heterocycles. The van der Waals surface area contributed by atoms with Crippen molar-refractivity contribution >= 4 is 0 Å². The monoisotopic (exact) mass is 285 g/mol. The van der Waals surface area contributed by atoms with E-state index in [9.17, 15) is 0 Å². The van der Waals surface area contributed by atoms with E-state index in [0.717, 1.165) is 17.1 Å². The molecule has 2 rings (SSSR count). The average Bonchev–Trinajstić information content (AvgIpc) is 2.53. The Bertz CT molecular complexity index is 564. The lowest BCUT2D eigenvalue weighted by Crippen LogP contribution is -2.18. The summed E-state index contributed by atoms with van der Waals surface area (Å²) in [6.45, 7) is 4.77. The van der Waals surface area contributed by atoms with E-state index < -0.39 is 0 Å². The SMILES string of the molecule is COc1cccc(C(CN)Oc2ccc(C(C)C)cc2)c1. The van der Waals surface area contributed by atoms with Gasteiger partial charge in [0.2, 0.25) is 0 Å². The van der Waals surface area contributed by atoms with E-state index in [0.29, 0.717) is 12.5 Å². The van der Waals surface area contributed by atoms with Crippen molar-refractivity contribution in [3.8, 4) is 11.5 Å². The molecule has 0 saturated carbocycles. The molecule has 0 aliphatic rings. The van der Waals surface area contributed by atoms with Crippen LogP contribution in [0.1, 0.15) is 37.0 Å². The van der Waals surface area contributed by atoms with E-state index in [2.05, 4.69) is 26.0 Å². The summed E-state index contributed by atoms with van der Waals surface area (Å²) in [5.41, 5.74) is 8.17. The normalized spacial score (nSPS) is 12.2. The first-order valence-corrected chi connectivity index (χ1v) is 7.24. The fourth-order valence-corrected chi connectivity index (χ4v) is 2.19. The number of ether oxygens (including phenoxy) is 2. The summed E-state index contributed by atoms with van der Waals surface area (Å²) in [4.78, 5) is 0. The van der Waals surface area contributed by atoms with Crippen LogP contribution in [0.4, 0.5) is 0 Å². The van der Waals surface area contributed by atoms with Gasteiger partial charge in [-0.2, -0.15) is 0 Å². The van der Waals surface area contributed by atoms with Gasteiger partial charge in [-0.15, -0.1) is 0 Å². The van der Waals surface area contributed by atoms with Gasteiger partial charge in [0.25, 0.3) is 0 Å². The Morgan fingerprint density at radius 3 is 2.24 bits per heavy atom. The van der Waals surface area contributed by atoms with E-state index in [-0.39, 0.29) is 6.10 Å². The van der Waals surface area contributed by atoms with Crippen molar-refractivity contribution < 1.29 is 9.47 Å². The van der Waals surface area contributed by atoms with Crippen LogP contribution in [0.25, 0.3) is 0 Å². The number of methoxy groups -OCH3 is 1. The highest BCUT2D eigenvalue weighted by molar-refractivity contribution is 5.33. The van der Waals surface area contributed by atoms with Gasteiger partial charge >= 0.3 is 0 Å². The molecule has 0 radical (unpaired) electrons. The molecular formula is C18H23NO2. The van der Waals surface area contributed by atoms with Crippen molar-refractivity contribution in [1.29, 1.82) is 0 Å². The van der Waals surface area contributed by atoms with Gasteiger partial charge in [-0.1, -0.05) is 38.1 Å². The van der Waals surface area contributed by atoms with Crippen LogP contribution >= 0.6 is 0 Å². The lowest BCUT2D eigenvalue weighted by atomic mass is 10.0. The van der Waals surface area contributed by atoms with Gasteiger partial charge in [-0.05, 0) is 41.3 Å². The zero-order valence-electron chi connectivity index (χ0n) is 12.9. The first-order valence-electron chi connectivity index (χ1n) is 7.24. The summed E-state index contributed by atoms with van der Waals surface area (Å²) in [5, 5.41) is 0. The maximum atomic E-state index is 6.00. The summed E-state index contributed by atoms with van der Waals surface area (Å²) in [7, 11) is 1.65. The molecule has 2 aromatic carbocycles. The van der Waals surface area contributed by atoms with Crippen molar-refractivity contribution in [3.05, 3.63) is 59.7 Å². The van der Waals surface area contributed by atoms with Crippen LogP contribution in [-0.2, 0) is 0 Å². The molecule has 3 heteroatoms. The Balaban J connectivity index is 2.14. The number of hydrogen-bond acceptors (Lipinski definition) is 3. The van der Waals surface area contributed by atoms with Crippen LogP contribution in [0.3, 0.4) is 0 Å². The Hall–Kier alpha value is -2.00. The predicted octanol–water partition coefficient (Wildman–Crippen LogP) is 3.90. The molecule has 0 fully saturated rings. The third-order valence-electron chi connectivity index (χ3n) is 3.50. The number of benzene rings is 2. The smallest absolute Gasteiger partial charge is 0.136 e. The quantitative estimate of drug-likeness (QED) is 0.875. The molecule has 0 heterocycles. The van der Waals surface area contributed by atoms with Crippen LogP contribution < -0.4 is 15.2 Å². The molecule has 0 saturated heterocycles. The number of rotatable bonds is 6. The van der Waals surface area contributed by atoms with Crippen LogP contribution in [0.2, 0.25) is 0 Å². The second-order valence-corrected chi connectivity index (χ2v) is 5.34. The average molecular weight is 285 g/mol. The lowest BCUT2D eigenvalue weighted by Gasteiger charge is -2.19. The molecule has 2 aromatic rings. The molecule has 0 spiro atoms. The Labute approximate surface area is 126 Å². The highest BCUT2D eigenvalue weighted by Crippen LogP contribution is 2.25. The Kier molecular flexibility index (Phi) is 5.23. The van der Waals surface area contributed by atoms with Gasteiger partial charge in [0, 0.05) is 6.54 Å². The van der Waals surface area contributed by atoms with Crippen LogP contribution in [0.5, 0.6) is 11.5 Å². The molecule has 2 N–H and O–H groups in total. The fourth-order valence-electron chi connectivity index (χ4n) is 2.19. The predicted molar refractivity (Wildman–Crippen MR) is 85.9 cm³/mol. The van der Waals surface area contributed by atoms with Gasteiger partial charge in [0.1, 0.15) is 17.6 Å². The molecular weight excluding hydrogens is 262 g/mol. The van der Waals surface area contributed by atoms with Gasteiger partial charge in [-0.3, -0.25) is 0 Å². The molecule has 1 atom stereocenters. The third kappa shape index (κ3) is 3.99. The van der Waals surface area contributed by atoms with Crippen molar-refractivity contribution in [1.82, 2.24) is 0 Å². The minimum Gasteiger partial charge on any atom is -0.497 e. The Morgan fingerprint density at radius 1 is 0.952 bits per heavy atom. The van der Waals surface area contributed by atoms with E-state index in [1.54, 1.807) is 7.11 Å². The van der Waals surface area contributed by atoms with Gasteiger partial charge in [-0.25, -0.2) is 0 Å². The lowest BCUT2D eigenvalue weighted by molar-refractivity contribution is 0.213. The minimum absolute atomic E-state index is 0.176. The van der Waals surface area contributed by atoms with E-state index in [4.69, 9.17) is 15.2 Å². The molecule has 0 aliphatic heterocycles. The zero-order chi connectivity index (χ0) is 15.2. The summed E-state index contributed by atoms with van der Waals surface area (Å²) in [6.07, 6.45) is -0.176. The van der Waals surface area contributed by atoms with Crippen LogP contribution in [-0.4, -0.2) is 13.7 Å². The number of nitrogens with two attached hydrogens (primary N) is 1. The number of hydrogen-bond donors (Lipinski definition) is 1. The van der Waals surface area contributed by atoms with Crippen molar-refractivity contribution in [2.45, 2.75) is 25.9 Å². The molecule has 112 valence electrons. The highest BCUT2D eigenvalue weighted by Gasteiger charge is 2.12.